The summed E-state index contributed by atoms with van der Waals surface area (Å²) >= 11 is 0. The number of benzene rings is 1. The first-order valence-electron chi connectivity index (χ1n) is 7.35. The van der Waals surface area contributed by atoms with Gasteiger partial charge in [-0.2, -0.15) is 0 Å². The zero-order valence-corrected chi connectivity index (χ0v) is 13.0. The molecule has 6 nitrogen and oxygen atoms in total. The number of nitrogens with zero attached hydrogens (tertiary/aromatic N) is 2. The molecule has 118 valence electrons. The molecular formula is C15H25N3O3. The largest absolute Gasteiger partial charge is 0.396 e. The standard InChI is InChI=1S/C15H25N3O3/c1-4-16-15-7-6-14(18(20)21)10-13(15)11-17(12(2)3)8-5-9-19/h6-7,10,12,16,19H,4-5,8-9,11H2,1-3H3. The number of nitro groups is 1. The van der Waals surface area contributed by atoms with E-state index in [1.165, 1.54) is 6.07 Å². The van der Waals surface area contributed by atoms with E-state index in [2.05, 4.69) is 24.1 Å². The van der Waals surface area contributed by atoms with Crippen LogP contribution in [0.5, 0.6) is 0 Å². The minimum atomic E-state index is -0.368. The van der Waals surface area contributed by atoms with Crippen LogP contribution in [0.3, 0.4) is 0 Å². The lowest BCUT2D eigenvalue weighted by Crippen LogP contribution is -2.32. The maximum Gasteiger partial charge on any atom is 0.269 e. The van der Waals surface area contributed by atoms with Crippen LogP contribution < -0.4 is 5.32 Å². The molecule has 0 spiro atoms. The van der Waals surface area contributed by atoms with Crippen molar-refractivity contribution in [2.24, 2.45) is 0 Å². The third-order valence-electron chi connectivity index (χ3n) is 3.37. The van der Waals surface area contributed by atoms with Crippen molar-refractivity contribution in [2.75, 3.05) is 25.0 Å². The predicted molar refractivity (Wildman–Crippen MR) is 84.5 cm³/mol. The van der Waals surface area contributed by atoms with E-state index in [4.69, 9.17) is 5.11 Å². The molecule has 21 heavy (non-hydrogen) atoms. The fraction of sp³-hybridized carbons (Fsp3) is 0.600. The molecule has 0 unspecified atom stereocenters. The molecule has 0 bridgehead atoms. The van der Waals surface area contributed by atoms with Crippen molar-refractivity contribution in [3.63, 3.8) is 0 Å². The molecule has 0 heterocycles. The van der Waals surface area contributed by atoms with Gasteiger partial charge in [-0.15, -0.1) is 0 Å². The minimum Gasteiger partial charge on any atom is -0.396 e. The average Bonchev–Trinajstić information content (AvgIpc) is 2.44. The summed E-state index contributed by atoms with van der Waals surface area (Å²) in [6, 6.07) is 5.23. The highest BCUT2D eigenvalue weighted by molar-refractivity contribution is 5.56. The maximum absolute atomic E-state index is 11.0. The van der Waals surface area contributed by atoms with Crippen molar-refractivity contribution in [1.82, 2.24) is 4.90 Å². The molecular weight excluding hydrogens is 270 g/mol. The first kappa shape index (κ1) is 17.4. The van der Waals surface area contributed by atoms with Gasteiger partial charge < -0.3 is 10.4 Å². The Kier molecular flexibility index (Phi) is 7.11. The molecule has 0 atom stereocenters. The van der Waals surface area contributed by atoms with Gasteiger partial charge in [-0.05, 0) is 38.8 Å². The average molecular weight is 295 g/mol. The number of aliphatic hydroxyl groups excluding tert-OH is 1. The van der Waals surface area contributed by atoms with Gasteiger partial charge in [0, 0.05) is 50.1 Å². The Morgan fingerprint density at radius 2 is 2.14 bits per heavy atom. The van der Waals surface area contributed by atoms with E-state index in [-0.39, 0.29) is 17.2 Å². The van der Waals surface area contributed by atoms with Crippen LogP contribution >= 0.6 is 0 Å². The summed E-state index contributed by atoms with van der Waals surface area (Å²) in [5, 5.41) is 23.2. The molecule has 0 radical (unpaired) electrons. The van der Waals surface area contributed by atoms with E-state index in [1.807, 2.05) is 6.92 Å². The molecule has 0 amide bonds. The summed E-state index contributed by atoms with van der Waals surface area (Å²) in [6.07, 6.45) is 0.698. The molecule has 1 aromatic carbocycles. The SMILES string of the molecule is CCNc1ccc([N+](=O)[O-])cc1CN(CCCO)C(C)C. The van der Waals surface area contributed by atoms with Crippen LogP contribution in [0.25, 0.3) is 0 Å². The normalized spacial score (nSPS) is 11.1. The van der Waals surface area contributed by atoms with E-state index in [0.29, 0.717) is 19.0 Å². The molecule has 0 fully saturated rings. The van der Waals surface area contributed by atoms with Crippen molar-refractivity contribution in [3.05, 3.63) is 33.9 Å². The highest BCUT2D eigenvalue weighted by Crippen LogP contribution is 2.24. The van der Waals surface area contributed by atoms with Gasteiger partial charge in [0.05, 0.1) is 4.92 Å². The fourth-order valence-corrected chi connectivity index (χ4v) is 2.20. The van der Waals surface area contributed by atoms with Gasteiger partial charge in [-0.25, -0.2) is 0 Å². The van der Waals surface area contributed by atoms with Crippen molar-refractivity contribution in [2.45, 2.75) is 39.8 Å². The molecule has 6 heteroatoms. The molecule has 0 aliphatic rings. The van der Waals surface area contributed by atoms with Gasteiger partial charge >= 0.3 is 0 Å². The minimum absolute atomic E-state index is 0.109. The monoisotopic (exact) mass is 295 g/mol. The lowest BCUT2D eigenvalue weighted by atomic mass is 10.1. The predicted octanol–water partition coefficient (Wildman–Crippen LogP) is 2.62. The quantitative estimate of drug-likeness (QED) is 0.541. The Hall–Kier alpha value is -1.66. The van der Waals surface area contributed by atoms with E-state index in [9.17, 15) is 10.1 Å². The number of hydrogen-bond donors (Lipinski definition) is 2. The summed E-state index contributed by atoms with van der Waals surface area (Å²) in [4.78, 5) is 12.8. The van der Waals surface area contributed by atoms with E-state index < -0.39 is 0 Å². The van der Waals surface area contributed by atoms with Gasteiger partial charge in [-0.3, -0.25) is 15.0 Å². The van der Waals surface area contributed by atoms with Crippen molar-refractivity contribution in [3.8, 4) is 0 Å². The lowest BCUT2D eigenvalue weighted by Gasteiger charge is -2.27. The van der Waals surface area contributed by atoms with E-state index in [0.717, 1.165) is 24.3 Å². The smallest absolute Gasteiger partial charge is 0.269 e. The topological polar surface area (TPSA) is 78.6 Å². The summed E-state index contributed by atoms with van der Waals surface area (Å²) in [5.41, 5.74) is 1.95. The number of aliphatic hydroxyl groups is 1. The molecule has 0 aliphatic heterocycles. The zero-order valence-electron chi connectivity index (χ0n) is 13.0. The fourth-order valence-electron chi connectivity index (χ4n) is 2.20. The first-order chi connectivity index (χ1) is 9.99. The van der Waals surface area contributed by atoms with Crippen molar-refractivity contribution >= 4 is 11.4 Å². The van der Waals surface area contributed by atoms with Gasteiger partial charge in [0.1, 0.15) is 0 Å². The van der Waals surface area contributed by atoms with Crippen LogP contribution in [0.2, 0.25) is 0 Å². The third kappa shape index (κ3) is 5.32. The van der Waals surface area contributed by atoms with Crippen LogP contribution in [0.15, 0.2) is 18.2 Å². The number of hydrogen-bond acceptors (Lipinski definition) is 5. The number of rotatable bonds is 9. The Balaban J connectivity index is 3.00. The Bertz CT molecular complexity index is 463. The van der Waals surface area contributed by atoms with Gasteiger partial charge in [0.15, 0.2) is 0 Å². The van der Waals surface area contributed by atoms with Gasteiger partial charge in [-0.1, -0.05) is 0 Å². The first-order valence-corrected chi connectivity index (χ1v) is 7.35. The summed E-state index contributed by atoms with van der Waals surface area (Å²) in [5.74, 6) is 0. The Morgan fingerprint density at radius 1 is 1.43 bits per heavy atom. The number of anilines is 1. The highest BCUT2D eigenvalue weighted by Gasteiger charge is 2.15. The van der Waals surface area contributed by atoms with Gasteiger partial charge in [0.25, 0.3) is 5.69 Å². The second-order valence-electron chi connectivity index (χ2n) is 5.27. The van der Waals surface area contributed by atoms with Crippen LogP contribution in [-0.4, -0.2) is 40.7 Å². The second-order valence-corrected chi connectivity index (χ2v) is 5.27. The summed E-state index contributed by atoms with van der Waals surface area (Å²) < 4.78 is 0. The lowest BCUT2D eigenvalue weighted by molar-refractivity contribution is -0.384. The molecule has 0 saturated heterocycles. The number of nitro benzene ring substituents is 1. The molecule has 0 saturated carbocycles. The Labute approximate surface area is 125 Å². The molecule has 1 aromatic rings. The highest BCUT2D eigenvalue weighted by atomic mass is 16.6. The Morgan fingerprint density at radius 3 is 2.67 bits per heavy atom. The molecule has 0 aromatic heterocycles. The van der Waals surface area contributed by atoms with Crippen LogP contribution in [0, 0.1) is 10.1 Å². The van der Waals surface area contributed by atoms with E-state index >= 15 is 0 Å². The maximum atomic E-state index is 11.0. The zero-order chi connectivity index (χ0) is 15.8. The molecule has 0 aliphatic carbocycles. The molecule has 1 rings (SSSR count). The van der Waals surface area contributed by atoms with Crippen molar-refractivity contribution in [1.29, 1.82) is 0 Å². The van der Waals surface area contributed by atoms with Gasteiger partial charge in [0.2, 0.25) is 0 Å². The van der Waals surface area contributed by atoms with E-state index in [1.54, 1.807) is 12.1 Å². The molecule has 2 N–H and O–H groups in total. The van der Waals surface area contributed by atoms with Crippen LogP contribution in [-0.2, 0) is 6.54 Å². The van der Waals surface area contributed by atoms with Crippen LogP contribution in [0.4, 0.5) is 11.4 Å². The summed E-state index contributed by atoms with van der Waals surface area (Å²) in [6.45, 7) is 8.48. The second kappa shape index (κ2) is 8.59. The number of nitrogens with one attached hydrogen (secondary N) is 1. The van der Waals surface area contributed by atoms with Crippen molar-refractivity contribution < 1.29 is 10.0 Å². The van der Waals surface area contributed by atoms with Crippen LogP contribution in [0.1, 0.15) is 32.8 Å². The number of non-ortho nitro benzene ring substituents is 1. The third-order valence-corrected chi connectivity index (χ3v) is 3.37. The summed E-state index contributed by atoms with van der Waals surface area (Å²) in [7, 11) is 0.